The van der Waals surface area contributed by atoms with Crippen molar-refractivity contribution in [2.45, 2.75) is 26.3 Å². The number of nitrogens with one attached hydrogen (secondary N) is 1. The number of pyridine rings is 3. The first-order valence-corrected chi connectivity index (χ1v) is 9.93. The van der Waals surface area contributed by atoms with Gasteiger partial charge in [-0.25, -0.2) is 4.98 Å². The van der Waals surface area contributed by atoms with Crippen LogP contribution in [0.2, 0.25) is 0 Å². The van der Waals surface area contributed by atoms with Gasteiger partial charge < -0.3 is 16.5 Å². The summed E-state index contributed by atoms with van der Waals surface area (Å²) in [5, 5.41) is 0. The van der Waals surface area contributed by atoms with Gasteiger partial charge in [0.25, 0.3) is 11.5 Å². The smallest absolute Gasteiger partial charge is 0.267 e. The largest absolute Gasteiger partial charge is 0.383 e. The van der Waals surface area contributed by atoms with Gasteiger partial charge in [0.15, 0.2) is 0 Å². The van der Waals surface area contributed by atoms with Gasteiger partial charge in [0, 0.05) is 37.0 Å². The van der Waals surface area contributed by atoms with Gasteiger partial charge in [0.05, 0.1) is 11.0 Å². The molecule has 3 aromatic rings. The lowest BCUT2D eigenvalue weighted by Gasteiger charge is -2.26. The average Bonchev–Trinajstić information content (AvgIpc) is 2.74. The molecule has 4 rings (SSSR count). The lowest BCUT2D eigenvalue weighted by molar-refractivity contribution is 0.0995. The molecule has 3 aromatic heterocycles. The van der Waals surface area contributed by atoms with Crippen molar-refractivity contribution in [1.29, 1.82) is 0 Å². The molecule has 5 N–H and O–H groups in total. The third-order valence-electron chi connectivity index (χ3n) is 5.43. The minimum atomic E-state index is -0.590. The van der Waals surface area contributed by atoms with Crippen molar-refractivity contribution < 1.29 is 4.79 Å². The number of aromatic nitrogens is 3. The number of fused-ring (bicyclic) bond motifs is 1. The number of hydrogen-bond acceptors (Lipinski definition) is 6. The summed E-state index contributed by atoms with van der Waals surface area (Å²) >= 11 is 0. The minimum absolute atomic E-state index is 0.0527. The van der Waals surface area contributed by atoms with E-state index in [-0.39, 0.29) is 11.3 Å². The Balaban J connectivity index is 1.48. The fraction of sp³-hybridized carbons (Fsp3) is 0.273. The summed E-state index contributed by atoms with van der Waals surface area (Å²) in [7, 11) is 0. The van der Waals surface area contributed by atoms with E-state index in [2.05, 4.69) is 25.9 Å². The van der Waals surface area contributed by atoms with Crippen LogP contribution in [0.15, 0.2) is 41.3 Å². The molecule has 0 unspecified atom stereocenters. The summed E-state index contributed by atoms with van der Waals surface area (Å²) < 4.78 is 0. The average molecular weight is 404 g/mol. The molecule has 0 fully saturated rings. The molecular weight excluding hydrogens is 380 g/mol. The maximum Gasteiger partial charge on any atom is 0.267 e. The highest BCUT2D eigenvalue weighted by Gasteiger charge is 2.17. The van der Waals surface area contributed by atoms with Crippen LogP contribution in [0.3, 0.4) is 0 Å². The predicted molar refractivity (Wildman–Crippen MR) is 117 cm³/mol. The van der Waals surface area contributed by atoms with Crippen molar-refractivity contribution >= 4 is 28.3 Å². The first-order valence-electron chi connectivity index (χ1n) is 9.93. The van der Waals surface area contributed by atoms with Crippen LogP contribution in [-0.4, -0.2) is 38.8 Å². The maximum absolute atomic E-state index is 12.1. The van der Waals surface area contributed by atoms with Gasteiger partial charge in [0.1, 0.15) is 11.5 Å². The monoisotopic (exact) mass is 404 g/mol. The first-order chi connectivity index (χ1) is 14.4. The fourth-order valence-corrected chi connectivity index (χ4v) is 3.76. The zero-order valence-corrected chi connectivity index (χ0v) is 16.8. The number of carbonyl (C=O) groups excluding carboxylic acids is 1. The van der Waals surface area contributed by atoms with E-state index in [4.69, 9.17) is 11.5 Å². The minimum Gasteiger partial charge on any atom is -0.383 e. The first kappa shape index (κ1) is 19.8. The molecule has 30 heavy (non-hydrogen) atoms. The second kappa shape index (κ2) is 8.08. The Kier molecular flexibility index (Phi) is 5.33. The zero-order chi connectivity index (χ0) is 21.3. The molecular formula is C22H24N6O2. The molecule has 0 saturated carbocycles. The Morgan fingerprint density at radius 2 is 2.13 bits per heavy atom. The molecule has 0 atom stereocenters. The van der Waals surface area contributed by atoms with E-state index >= 15 is 0 Å². The van der Waals surface area contributed by atoms with Crippen molar-refractivity contribution in [3.8, 4) is 0 Å². The number of H-pyrrole nitrogens is 1. The zero-order valence-electron chi connectivity index (χ0n) is 16.8. The van der Waals surface area contributed by atoms with Gasteiger partial charge in [0.2, 0.25) is 0 Å². The van der Waals surface area contributed by atoms with E-state index < -0.39 is 5.91 Å². The molecule has 1 aliphatic rings. The maximum atomic E-state index is 12.1. The third-order valence-corrected chi connectivity index (χ3v) is 5.43. The van der Waals surface area contributed by atoms with Gasteiger partial charge >= 0.3 is 0 Å². The van der Waals surface area contributed by atoms with Crippen molar-refractivity contribution in [2.24, 2.45) is 5.73 Å². The second-order valence-electron chi connectivity index (χ2n) is 7.46. The van der Waals surface area contributed by atoms with Crippen LogP contribution >= 0.6 is 0 Å². The van der Waals surface area contributed by atoms with Crippen LogP contribution in [0.4, 0.5) is 5.82 Å². The number of primary amides is 1. The van der Waals surface area contributed by atoms with Crippen molar-refractivity contribution in [3.05, 3.63) is 69.3 Å². The van der Waals surface area contributed by atoms with Crippen molar-refractivity contribution in [3.63, 3.8) is 0 Å². The quantitative estimate of drug-likeness (QED) is 0.595. The number of aromatic amines is 1. The third kappa shape index (κ3) is 3.95. The number of aryl methyl sites for hydroxylation is 1. The molecule has 154 valence electrons. The number of rotatable bonds is 5. The van der Waals surface area contributed by atoms with Crippen LogP contribution in [0.5, 0.6) is 0 Å². The molecule has 0 aromatic carbocycles. The molecule has 0 aliphatic carbocycles. The summed E-state index contributed by atoms with van der Waals surface area (Å²) in [4.78, 5) is 37.2. The van der Waals surface area contributed by atoms with Crippen LogP contribution < -0.4 is 17.0 Å². The normalized spacial score (nSPS) is 14.6. The Bertz CT molecular complexity index is 1210. The Labute approximate surface area is 173 Å². The molecule has 4 heterocycles. The summed E-state index contributed by atoms with van der Waals surface area (Å²) in [5.41, 5.74) is 16.7. The molecule has 1 aliphatic heterocycles. The lowest BCUT2D eigenvalue weighted by Crippen LogP contribution is -2.28. The fourth-order valence-electron chi connectivity index (χ4n) is 3.76. The van der Waals surface area contributed by atoms with Gasteiger partial charge in [-0.1, -0.05) is 13.0 Å². The van der Waals surface area contributed by atoms with Crippen LogP contribution in [0.1, 0.15) is 40.5 Å². The standard InChI is InChI=1S/C22H24N6O2/c1-2-14-10-18-19(27-22(14)30)9-13(11-25-18)12-28-7-5-15(6-8-28)16-3-4-17(21(24)29)26-20(16)23/h3-5,9-11H,2,6-8,12H2,1H3,(H2,23,26)(H2,24,29)(H,27,30). The molecule has 1 amide bonds. The van der Waals surface area contributed by atoms with Gasteiger partial charge in [-0.05, 0) is 48.2 Å². The molecule has 0 spiro atoms. The van der Waals surface area contributed by atoms with E-state index in [1.807, 2.05) is 25.3 Å². The predicted octanol–water partition coefficient (Wildman–Crippen LogP) is 1.85. The summed E-state index contributed by atoms with van der Waals surface area (Å²) in [6.07, 6.45) is 5.50. The molecule has 0 radical (unpaired) electrons. The van der Waals surface area contributed by atoms with Crippen molar-refractivity contribution in [2.75, 3.05) is 18.8 Å². The number of nitrogens with two attached hydrogens (primary N) is 2. The number of nitrogens with zero attached hydrogens (tertiary/aromatic N) is 3. The number of anilines is 1. The summed E-state index contributed by atoms with van der Waals surface area (Å²) in [6, 6.07) is 7.26. The molecule has 8 nitrogen and oxygen atoms in total. The highest BCUT2D eigenvalue weighted by atomic mass is 16.1. The Hall–Kier alpha value is -3.52. The Morgan fingerprint density at radius 1 is 1.30 bits per heavy atom. The van der Waals surface area contributed by atoms with Crippen LogP contribution in [-0.2, 0) is 13.0 Å². The molecule has 8 heteroatoms. The SMILES string of the molecule is CCc1cc2ncc(CN3CC=C(c4ccc(C(N)=O)nc4N)CC3)cc2[nH]c1=O. The van der Waals surface area contributed by atoms with Gasteiger partial charge in [-0.2, -0.15) is 0 Å². The van der Waals surface area contributed by atoms with E-state index in [1.165, 1.54) is 0 Å². The van der Waals surface area contributed by atoms with E-state index in [1.54, 1.807) is 12.1 Å². The number of amides is 1. The Morgan fingerprint density at radius 3 is 2.80 bits per heavy atom. The summed E-state index contributed by atoms with van der Waals surface area (Å²) in [6.45, 7) is 4.30. The van der Waals surface area contributed by atoms with Gasteiger partial charge in [-0.3, -0.25) is 19.5 Å². The van der Waals surface area contributed by atoms with E-state index in [0.717, 1.165) is 59.4 Å². The topological polar surface area (TPSA) is 131 Å². The number of nitrogen functional groups attached to an aromatic ring is 1. The van der Waals surface area contributed by atoms with Crippen molar-refractivity contribution in [1.82, 2.24) is 19.9 Å². The number of carbonyl (C=O) groups is 1. The lowest BCUT2D eigenvalue weighted by atomic mass is 9.99. The van der Waals surface area contributed by atoms with E-state index in [0.29, 0.717) is 12.2 Å². The second-order valence-corrected chi connectivity index (χ2v) is 7.46. The van der Waals surface area contributed by atoms with Crippen LogP contribution in [0.25, 0.3) is 16.6 Å². The molecule has 0 saturated heterocycles. The van der Waals surface area contributed by atoms with Gasteiger partial charge in [-0.15, -0.1) is 0 Å². The highest BCUT2D eigenvalue weighted by Crippen LogP contribution is 2.27. The van der Waals surface area contributed by atoms with E-state index in [9.17, 15) is 9.59 Å². The van der Waals surface area contributed by atoms with Crippen LogP contribution in [0, 0.1) is 0 Å². The number of hydrogen-bond donors (Lipinski definition) is 3. The highest BCUT2D eigenvalue weighted by molar-refractivity contribution is 5.92. The summed E-state index contributed by atoms with van der Waals surface area (Å²) in [5.74, 6) is -0.270. The molecule has 0 bridgehead atoms.